The molecule has 0 atom stereocenters. The number of anilines is 1. The number of aryl methyl sites for hydroxylation is 1. The van der Waals surface area contributed by atoms with E-state index in [0.717, 1.165) is 26.1 Å². The molecule has 3 amide bonds. The number of nitrogens with zero attached hydrogens (tertiary/aromatic N) is 3. The summed E-state index contributed by atoms with van der Waals surface area (Å²) in [5.74, 6) is -6.46. The molecular formula is C35H43N7O11. The van der Waals surface area contributed by atoms with Gasteiger partial charge in [0, 0.05) is 50.4 Å². The quantitative estimate of drug-likeness (QED) is 0.0485. The van der Waals surface area contributed by atoms with Crippen LogP contribution in [0.1, 0.15) is 27.9 Å². The minimum atomic E-state index is -1.25. The lowest BCUT2D eigenvalue weighted by atomic mass is 10.0. The number of fused-ring (bicyclic) bond motifs is 1. The van der Waals surface area contributed by atoms with Gasteiger partial charge in [0.15, 0.2) is 0 Å². The first kappa shape index (κ1) is 41.3. The fourth-order valence-electron chi connectivity index (χ4n) is 5.29. The number of hydrogen-bond donors (Lipinski definition) is 8. The van der Waals surface area contributed by atoms with Crippen LogP contribution in [0, 0.1) is 0 Å². The number of hydrogen-bond acceptors (Lipinski definition) is 11. The third kappa shape index (κ3) is 15.3. The highest BCUT2D eigenvalue weighted by atomic mass is 16.4. The van der Waals surface area contributed by atoms with Crippen LogP contribution in [0.25, 0.3) is 10.8 Å². The highest BCUT2D eigenvalue weighted by molar-refractivity contribution is 5.95. The number of carboxylic acid groups (broad SMARTS) is 4. The van der Waals surface area contributed by atoms with E-state index in [9.17, 15) is 33.6 Å². The number of amides is 3. The van der Waals surface area contributed by atoms with Crippen LogP contribution >= 0.6 is 0 Å². The standard InChI is InChI=1S/C35H43N7O11/c36-28-16-26-4-2-1-3-25(26)15-27(28)9-10-29(43)38-39-35(53)24-7-5-23(6-8-24)17-37-30(44)18-40(11-13-41(19-31(45)46)20-32(47)48)12-14-42(21-33(49)50)22-34(51)52/h1-8,15-16H,9-14,17-22,36H2,(H,37,44)(H,38,43)(H,39,53)(H,45,46)(H,47,48)(H,49,50)(H,51,52). The number of carbonyl (C=O) groups excluding carboxylic acids is 3. The summed E-state index contributed by atoms with van der Waals surface area (Å²) in [6.45, 7) is -2.58. The largest absolute Gasteiger partial charge is 0.480 e. The van der Waals surface area contributed by atoms with Crippen molar-refractivity contribution in [3.8, 4) is 0 Å². The van der Waals surface area contributed by atoms with Crippen molar-refractivity contribution in [3.05, 3.63) is 77.4 Å². The normalized spacial score (nSPS) is 11.1. The number of hydrazine groups is 1. The Morgan fingerprint density at radius 2 is 1.08 bits per heavy atom. The number of aliphatic carboxylic acids is 4. The van der Waals surface area contributed by atoms with E-state index >= 15 is 0 Å². The maximum absolute atomic E-state index is 12.9. The highest BCUT2D eigenvalue weighted by Gasteiger charge is 2.20. The maximum atomic E-state index is 12.9. The number of carbonyl (C=O) groups is 7. The maximum Gasteiger partial charge on any atom is 0.317 e. The third-order valence-corrected chi connectivity index (χ3v) is 7.92. The van der Waals surface area contributed by atoms with Crippen LogP contribution in [0.15, 0.2) is 60.7 Å². The lowest BCUT2D eigenvalue weighted by Gasteiger charge is -2.28. The van der Waals surface area contributed by atoms with E-state index < -0.39 is 67.8 Å². The predicted molar refractivity (Wildman–Crippen MR) is 190 cm³/mol. The van der Waals surface area contributed by atoms with Crippen LogP contribution in [0.5, 0.6) is 0 Å². The Hall–Kier alpha value is -6.11. The molecule has 0 radical (unpaired) electrons. The summed E-state index contributed by atoms with van der Waals surface area (Å²) in [5, 5.41) is 41.3. The molecule has 0 saturated carbocycles. The van der Waals surface area contributed by atoms with E-state index in [1.165, 1.54) is 17.0 Å². The second-order valence-electron chi connectivity index (χ2n) is 12.1. The lowest BCUT2D eigenvalue weighted by Crippen LogP contribution is -2.47. The van der Waals surface area contributed by atoms with E-state index in [0.29, 0.717) is 17.7 Å². The van der Waals surface area contributed by atoms with Crippen molar-refractivity contribution < 1.29 is 54.0 Å². The summed E-state index contributed by atoms with van der Waals surface area (Å²) in [5.41, 5.74) is 13.2. The Balaban J connectivity index is 1.51. The molecular weight excluding hydrogens is 694 g/mol. The van der Waals surface area contributed by atoms with Crippen molar-refractivity contribution in [2.45, 2.75) is 19.4 Å². The monoisotopic (exact) mass is 737 g/mol. The average molecular weight is 738 g/mol. The van der Waals surface area contributed by atoms with Gasteiger partial charge in [0.2, 0.25) is 11.8 Å². The molecule has 0 saturated heterocycles. The minimum absolute atomic E-state index is 0.0137. The fourth-order valence-corrected chi connectivity index (χ4v) is 5.29. The second kappa shape index (κ2) is 20.7. The van der Waals surface area contributed by atoms with Crippen LogP contribution in [-0.2, 0) is 41.7 Å². The zero-order valence-electron chi connectivity index (χ0n) is 28.8. The summed E-state index contributed by atoms with van der Waals surface area (Å²) in [7, 11) is 0. The van der Waals surface area contributed by atoms with E-state index in [1.54, 1.807) is 12.1 Å². The Morgan fingerprint density at radius 3 is 1.58 bits per heavy atom. The molecule has 3 aromatic rings. The SMILES string of the molecule is Nc1cc2ccccc2cc1CCC(=O)NNC(=O)c1ccc(CNC(=O)CN(CCN(CC(=O)O)CC(=O)O)CCN(CC(=O)O)CC(=O)O)cc1. The number of benzene rings is 3. The molecule has 0 unspecified atom stereocenters. The van der Waals surface area contributed by atoms with Crippen molar-refractivity contribution in [1.29, 1.82) is 0 Å². The number of nitrogen functional groups attached to an aromatic ring is 1. The van der Waals surface area contributed by atoms with Gasteiger partial charge in [-0.2, -0.15) is 0 Å². The van der Waals surface area contributed by atoms with Crippen molar-refractivity contribution >= 4 is 58.1 Å². The number of carboxylic acids is 4. The summed E-state index contributed by atoms with van der Waals surface area (Å²) in [4.78, 5) is 86.6. The predicted octanol–water partition coefficient (Wildman–Crippen LogP) is -0.324. The molecule has 9 N–H and O–H groups in total. The molecule has 0 bridgehead atoms. The fraction of sp³-hybridized carbons (Fsp3) is 0.343. The number of nitrogens with one attached hydrogen (secondary N) is 3. The second-order valence-corrected chi connectivity index (χ2v) is 12.1. The zero-order valence-corrected chi connectivity index (χ0v) is 28.8. The van der Waals surface area contributed by atoms with E-state index in [4.69, 9.17) is 26.2 Å². The Morgan fingerprint density at radius 1 is 0.585 bits per heavy atom. The Kier molecular flexibility index (Phi) is 16.1. The highest BCUT2D eigenvalue weighted by Crippen LogP contribution is 2.23. The van der Waals surface area contributed by atoms with Gasteiger partial charge in [-0.3, -0.25) is 59.1 Å². The van der Waals surface area contributed by atoms with Crippen LogP contribution in [0.4, 0.5) is 5.69 Å². The molecule has 3 aromatic carbocycles. The smallest absolute Gasteiger partial charge is 0.317 e. The summed E-state index contributed by atoms with van der Waals surface area (Å²) >= 11 is 0. The third-order valence-electron chi connectivity index (χ3n) is 7.92. The van der Waals surface area contributed by atoms with Gasteiger partial charge in [-0.1, -0.05) is 36.4 Å². The van der Waals surface area contributed by atoms with Crippen LogP contribution in [0.2, 0.25) is 0 Å². The van der Waals surface area contributed by atoms with Gasteiger partial charge in [-0.25, -0.2) is 0 Å². The summed E-state index contributed by atoms with van der Waals surface area (Å²) in [6, 6.07) is 17.7. The lowest BCUT2D eigenvalue weighted by molar-refractivity contribution is -0.143. The van der Waals surface area contributed by atoms with Gasteiger partial charge in [0.25, 0.3) is 5.91 Å². The van der Waals surface area contributed by atoms with Gasteiger partial charge >= 0.3 is 23.9 Å². The first-order chi connectivity index (χ1) is 25.2. The van der Waals surface area contributed by atoms with E-state index in [-0.39, 0.29) is 51.3 Å². The zero-order chi connectivity index (χ0) is 38.9. The van der Waals surface area contributed by atoms with Crippen LogP contribution in [-0.4, -0.2) is 136 Å². The van der Waals surface area contributed by atoms with Crippen molar-refractivity contribution in [3.63, 3.8) is 0 Å². The van der Waals surface area contributed by atoms with Gasteiger partial charge < -0.3 is 31.5 Å². The average Bonchev–Trinajstić information content (AvgIpc) is 3.08. The van der Waals surface area contributed by atoms with Crippen LogP contribution in [0.3, 0.4) is 0 Å². The molecule has 0 aliphatic rings. The minimum Gasteiger partial charge on any atom is -0.480 e. The molecule has 18 heteroatoms. The van der Waals surface area contributed by atoms with Crippen molar-refractivity contribution in [2.24, 2.45) is 0 Å². The van der Waals surface area contributed by atoms with Gasteiger partial charge in [-0.15, -0.1) is 0 Å². The molecule has 0 fully saturated rings. The number of rotatable bonds is 22. The van der Waals surface area contributed by atoms with Gasteiger partial charge in [0.05, 0.1) is 32.7 Å². The molecule has 3 rings (SSSR count). The molecule has 0 aliphatic heterocycles. The van der Waals surface area contributed by atoms with Crippen molar-refractivity contribution in [2.75, 3.05) is 64.6 Å². The number of nitrogens with two attached hydrogens (primary N) is 1. The van der Waals surface area contributed by atoms with E-state index in [2.05, 4.69) is 16.2 Å². The van der Waals surface area contributed by atoms with E-state index in [1.807, 2.05) is 36.4 Å². The summed E-state index contributed by atoms with van der Waals surface area (Å²) in [6.07, 6.45) is 0.461. The molecule has 0 aromatic heterocycles. The first-order valence-electron chi connectivity index (χ1n) is 16.4. The topological polar surface area (TPSA) is 272 Å². The van der Waals surface area contributed by atoms with Crippen LogP contribution < -0.4 is 21.9 Å². The molecule has 0 heterocycles. The van der Waals surface area contributed by atoms with Gasteiger partial charge in [-0.05, 0) is 52.6 Å². The summed E-state index contributed by atoms with van der Waals surface area (Å²) < 4.78 is 0. The molecule has 0 aliphatic carbocycles. The van der Waals surface area contributed by atoms with Gasteiger partial charge in [0.1, 0.15) is 0 Å². The Labute approximate surface area is 304 Å². The Bertz CT molecular complexity index is 1710. The molecule has 53 heavy (non-hydrogen) atoms. The molecule has 18 nitrogen and oxygen atoms in total. The van der Waals surface area contributed by atoms with Crippen molar-refractivity contribution in [1.82, 2.24) is 30.9 Å². The molecule has 284 valence electrons. The molecule has 0 spiro atoms. The first-order valence-corrected chi connectivity index (χ1v) is 16.4.